The van der Waals surface area contributed by atoms with Crippen LogP contribution in [0.4, 0.5) is 17.5 Å². The molecule has 0 fully saturated rings. The van der Waals surface area contributed by atoms with Crippen molar-refractivity contribution in [1.82, 2.24) is 9.97 Å². The molecule has 1 unspecified atom stereocenters. The molecule has 0 saturated carbocycles. The molecule has 132 valence electrons. The number of hydrogen-bond acceptors (Lipinski definition) is 8. The van der Waals surface area contributed by atoms with E-state index in [-0.39, 0.29) is 23.3 Å². The van der Waals surface area contributed by atoms with E-state index in [2.05, 4.69) is 16.0 Å². The highest BCUT2D eigenvalue weighted by molar-refractivity contribution is 5.65. The lowest BCUT2D eigenvalue weighted by Crippen LogP contribution is -2.17. The van der Waals surface area contributed by atoms with Crippen molar-refractivity contribution < 1.29 is 9.66 Å². The molecule has 0 radical (unpaired) electrons. The van der Waals surface area contributed by atoms with Gasteiger partial charge < -0.3 is 16.2 Å². The molecule has 2 heterocycles. The van der Waals surface area contributed by atoms with Gasteiger partial charge in [0.05, 0.1) is 22.1 Å². The number of benzene rings is 2. The minimum Gasteiger partial charge on any atom is -0.438 e. The molecule has 2 aromatic carbocycles. The normalized spacial score (nSPS) is 14.4. The Labute approximate surface area is 153 Å². The van der Waals surface area contributed by atoms with Gasteiger partial charge in [-0.3, -0.25) is 10.1 Å². The van der Waals surface area contributed by atoms with Crippen molar-refractivity contribution in [3.05, 3.63) is 74.8 Å². The van der Waals surface area contributed by atoms with E-state index in [9.17, 15) is 10.1 Å². The lowest BCUT2D eigenvalue weighted by molar-refractivity contribution is -0.384. The van der Waals surface area contributed by atoms with Gasteiger partial charge in [0, 0.05) is 23.6 Å². The number of rotatable bonds is 2. The van der Waals surface area contributed by atoms with Gasteiger partial charge in [-0.1, -0.05) is 18.2 Å². The van der Waals surface area contributed by atoms with Crippen molar-refractivity contribution in [1.29, 1.82) is 5.26 Å². The molecule has 0 bridgehead atoms. The zero-order valence-electron chi connectivity index (χ0n) is 13.8. The van der Waals surface area contributed by atoms with E-state index in [4.69, 9.17) is 21.5 Å². The molecule has 4 rings (SSSR count). The summed E-state index contributed by atoms with van der Waals surface area (Å²) >= 11 is 0. The maximum Gasteiger partial charge on any atom is 0.269 e. The number of hydrogen-bond donors (Lipinski definition) is 2. The minimum atomic E-state index is -0.503. The highest BCUT2D eigenvalue weighted by Crippen LogP contribution is 2.49. The lowest BCUT2D eigenvalue weighted by Gasteiger charge is -2.28. The fraction of sp³-hybridized carbons (Fsp3) is 0.0556. The van der Waals surface area contributed by atoms with E-state index in [1.807, 2.05) is 0 Å². The molecule has 3 aromatic rings. The number of nitro benzene ring substituents is 1. The van der Waals surface area contributed by atoms with Gasteiger partial charge in [0.1, 0.15) is 11.6 Å². The van der Waals surface area contributed by atoms with Gasteiger partial charge in [-0.15, -0.1) is 0 Å². The molecule has 0 saturated heterocycles. The first kappa shape index (κ1) is 16.3. The summed E-state index contributed by atoms with van der Waals surface area (Å²) in [6.07, 6.45) is 0. The molecule has 9 heteroatoms. The topological polar surface area (TPSA) is 154 Å². The van der Waals surface area contributed by atoms with Crippen molar-refractivity contribution in [3.63, 3.8) is 0 Å². The summed E-state index contributed by atoms with van der Waals surface area (Å²) in [6, 6.07) is 13.2. The summed E-state index contributed by atoms with van der Waals surface area (Å²) < 4.78 is 5.81. The van der Waals surface area contributed by atoms with Gasteiger partial charge in [0.15, 0.2) is 0 Å². The molecule has 1 aromatic heterocycles. The van der Waals surface area contributed by atoms with Crippen molar-refractivity contribution in [3.8, 4) is 17.7 Å². The van der Waals surface area contributed by atoms with Crippen LogP contribution in [-0.4, -0.2) is 14.9 Å². The van der Waals surface area contributed by atoms with Crippen LogP contribution >= 0.6 is 0 Å². The molecule has 1 atom stereocenters. The number of nitro groups is 1. The van der Waals surface area contributed by atoms with Crippen LogP contribution in [0.3, 0.4) is 0 Å². The Kier molecular flexibility index (Phi) is 3.60. The van der Waals surface area contributed by atoms with Crippen molar-refractivity contribution >= 4 is 17.5 Å². The molecule has 4 N–H and O–H groups in total. The largest absolute Gasteiger partial charge is 0.438 e. The van der Waals surface area contributed by atoms with Gasteiger partial charge in [0.2, 0.25) is 11.8 Å². The number of anilines is 2. The van der Waals surface area contributed by atoms with Gasteiger partial charge in [-0.25, -0.2) is 0 Å². The molecule has 0 aliphatic carbocycles. The number of ether oxygens (including phenoxy) is 1. The summed E-state index contributed by atoms with van der Waals surface area (Å²) in [6.45, 7) is 0. The molecule has 27 heavy (non-hydrogen) atoms. The van der Waals surface area contributed by atoms with E-state index in [0.29, 0.717) is 28.0 Å². The number of aromatic nitrogens is 2. The van der Waals surface area contributed by atoms with E-state index >= 15 is 0 Å². The Morgan fingerprint density at radius 1 is 1.19 bits per heavy atom. The van der Waals surface area contributed by atoms with Gasteiger partial charge in [-0.05, 0) is 17.7 Å². The van der Waals surface area contributed by atoms with Crippen LogP contribution in [0.2, 0.25) is 0 Å². The Balaban J connectivity index is 2.00. The fourth-order valence-electron chi connectivity index (χ4n) is 3.19. The second-order valence-electron chi connectivity index (χ2n) is 5.94. The smallest absolute Gasteiger partial charge is 0.269 e. The van der Waals surface area contributed by atoms with Gasteiger partial charge in [-0.2, -0.15) is 15.2 Å². The molecule has 0 spiro atoms. The van der Waals surface area contributed by atoms with Crippen molar-refractivity contribution in [2.75, 3.05) is 11.5 Å². The molecule has 1 aliphatic rings. The number of nitriles is 1. The van der Waals surface area contributed by atoms with E-state index in [1.165, 1.54) is 12.1 Å². The quantitative estimate of drug-likeness (QED) is 0.408. The summed E-state index contributed by atoms with van der Waals surface area (Å²) in [5.41, 5.74) is 13.9. The van der Waals surface area contributed by atoms with Crippen LogP contribution < -0.4 is 16.2 Å². The number of nitrogen functional groups attached to an aromatic ring is 2. The Morgan fingerprint density at radius 2 is 2.00 bits per heavy atom. The second kappa shape index (κ2) is 5.96. The number of nitrogens with two attached hydrogens (primary N) is 2. The van der Waals surface area contributed by atoms with Crippen LogP contribution in [0, 0.1) is 21.4 Å². The third-order valence-corrected chi connectivity index (χ3v) is 4.32. The zero-order chi connectivity index (χ0) is 19.1. The fourth-order valence-corrected chi connectivity index (χ4v) is 3.19. The second-order valence-corrected chi connectivity index (χ2v) is 5.94. The summed E-state index contributed by atoms with van der Waals surface area (Å²) in [4.78, 5) is 18.9. The van der Waals surface area contributed by atoms with Crippen LogP contribution in [-0.2, 0) is 0 Å². The number of nitrogens with zero attached hydrogens (tertiary/aromatic N) is 4. The zero-order valence-corrected chi connectivity index (χ0v) is 13.8. The molecule has 1 aliphatic heterocycles. The van der Waals surface area contributed by atoms with E-state index < -0.39 is 10.8 Å². The van der Waals surface area contributed by atoms with Crippen LogP contribution in [0.1, 0.15) is 28.2 Å². The highest BCUT2D eigenvalue weighted by atomic mass is 16.6. The summed E-state index contributed by atoms with van der Waals surface area (Å²) in [5, 5.41) is 20.4. The Hall–Kier alpha value is -4.19. The maximum atomic E-state index is 11.2. The highest BCUT2D eigenvalue weighted by Gasteiger charge is 2.33. The SMILES string of the molecule is N#Cc1ccc2c(c1)Oc1nc(N)nc(N)c1C2c1cccc([N+](=O)[O-])c1. The third kappa shape index (κ3) is 2.65. The van der Waals surface area contributed by atoms with E-state index in [1.54, 1.807) is 30.3 Å². The predicted molar refractivity (Wildman–Crippen MR) is 96.1 cm³/mol. The number of non-ortho nitro benzene ring substituents is 1. The average molecular weight is 360 g/mol. The average Bonchev–Trinajstić information content (AvgIpc) is 2.65. The monoisotopic (exact) mass is 360 g/mol. The van der Waals surface area contributed by atoms with Crippen LogP contribution in [0.25, 0.3) is 0 Å². The standard InChI is InChI=1S/C18H12N6O3/c19-8-9-4-5-12-13(6-9)27-17-15(16(20)22-18(21)23-17)14(12)10-2-1-3-11(7-10)24(25)26/h1-7,14H,(H4,20,21,22,23). The predicted octanol–water partition coefficient (Wildman–Crippen LogP) is 2.71. The number of fused-ring (bicyclic) bond motifs is 2. The third-order valence-electron chi connectivity index (χ3n) is 4.32. The molecular formula is C18H12N6O3. The van der Waals surface area contributed by atoms with Crippen molar-refractivity contribution in [2.24, 2.45) is 0 Å². The summed E-state index contributed by atoms with van der Waals surface area (Å²) in [7, 11) is 0. The first-order valence-electron chi connectivity index (χ1n) is 7.87. The van der Waals surface area contributed by atoms with Gasteiger partial charge >= 0.3 is 0 Å². The molecule has 0 amide bonds. The van der Waals surface area contributed by atoms with Crippen molar-refractivity contribution in [2.45, 2.75) is 5.92 Å². The van der Waals surface area contributed by atoms with Crippen LogP contribution in [0.15, 0.2) is 42.5 Å². The van der Waals surface area contributed by atoms with E-state index in [0.717, 1.165) is 0 Å². The Bertz CT molecular complexity index is 1140. The molecular weight excluding hydrogens is 348 g/mol. The van der Waals surface area contributed by atoms with Gasteiger partial charge in [0.25, 0.3) is 5.69 Å². The Morgan fingerprint density at radius 3 is 2.74 bits per heavy atom. The first-order valence-corrected chi connectivity index (χ1v) is 7.87. The molecule has 9 nitrogen and oxygen atoms in total. The lowest BCUT2D eigenvalue weighted by atomic mass is 9.83. The summed E-state index contributed by atoms with van der Waals surface area (Å²) in [5.74, 6) is 0.152. The first-order chi connectivity index (χ1) is 13.0. The maximum absolute atomic E-state index is 11.2. The van der Waals surface area contributed by atoms with Crippen LogP contribution in [0.5, 0.6) is 11.6 Å². The minimum absolute atomic E-state index is 0.0503.